The van der Waals surface area contributed by atoms with E-state index >= 15 is 0 Å². The molecule has 2 N–H and O–H groups in total. The van der Waals surface area contributed by atoms with E-state index in [1.54, 1.807) is 6.92 Å². The summed E-state index contributed by atoms with van der Waals surface area (Å²) in [7, 11) is -3.33. The van der Waals surface area contributed by atoms with E-state index in [0.717, 1.165) is 0 Å². The van der Waals surface area contributed by atoms with Crippen molar-refractivity contribution < 1.29 is 13.2 Å². The van der Waals surface area contributed by atoms with Gasteiger partial charge >= 0.3 is 0 Å². The SMILES string of the molecule is CCNS(=O)(=O)CCNC(=O)C1(C#N)CC(C)C1. The number of hydrogen-bond acceptors (Lipinski definition) is 4. The van der Waals surface area contributed by atoms with E-state index in [2.05, 4.69) is 10.0 Å². The van der Waals surface area contributed by atoms with Crippen LogP contribution in [0, 0.1) is 22.7 Å². The number of carbonyl (C=O) groups excluding carboxylic acids is 1. The number of sulfonamides is 1. The molecule has 7 heteroatoms. The second-order valence-electron chi connectivity index (χ2n) is 4.78. The monoisotopic (exact) mass is 273 g/mol. The van der Waals surface area contributed by atoms with Crippen LogP contribution >= 0.6 is 0 Å². The van der Waals surface area contributed by atoms with E-state index in [0.29, 0.717) is 25.3 Å². The largest absolute Gasteiger partial charge is 0.354 e. The highest BCUT2D eigenvalue weighted by Crippen LogP contribution is 2.44. The quantitative estimate of drug-likeness (QED) is 0.710. The number of carbonyl (C=O) groups is 1. The van der Waals surface area contributed by atoms with Crippen LogP contribution < -0.4 is 10.0 Å². The maximum atomic E-state index is 11.8. The molecule has 0 aromatic carbocycles. The fourth-order valence-corrected chi connectivity index (χ4v) is 3.17. The summed E-state index contributed by atoms with van der Waals surface area (Å²) in [6.07, 6.45) is 1.10. The van der Waals surface area contributed by atoms with Crippen LogP contribution in [0.25, 0.3) is 0 Å². The van der Waals surface area contributed by atoms with E-state index in [9.17, 15) is 13.2 Å². The van der Waals surface area contributed by atoms with Gasteiger partial charge in [-0.05, 0) is 18.8 Å². The molecule has 0 heterocycles. The van der Waals surface area contributed by atoms with Gasteiger partial charge in [-0.1, -0.05) is 13.8 Å². The van der Waals surface area contributed by atoms with Crippen molar-refractivity contribution in [3.05, 3.63) is 0 Å². The Morgan fingerprint density at radius 2 is 2.11 bits per heavy atom. The maximum Gasteiger partial charge on any atom is 0.240 e. The van der Waals surface area contributed by atoms with E-state index in [1.807, 2.05) is 13.0 Å². The Bertz CT molecular complexity index is 447. The molecule has 0 aromatic rings. The summed E-state index contributed by atoms with van der Waals surface area (Å²) in [6, 6.07) is 2.04. The molecule has 0 radical (unpaired) electrons. The molecule has 1 aliphatic carbocycles. The Balaban J connectivity index is 2.41. The Labute approximate surface area is 108 Å². The van der Waals surface area contributed by atoms with Crippen LogP contribution in [0.3, 0.4) is 0 Å². The van der Waals surface area contributed by atoms with Crippen molar-refractivity contribution in [2.24, 2.45) is 11.3 Å². The normalized spacial score (nSPS) is 27.1. The number of nitrogens with one attached hydrogen (secondary N) is 2. The number of nitrogens with zero attached hydrogens (tertiary/aromatic N) is 1. The van der Waals surface area contributed by atoms with Gasteiger partial charge in [0, 0.05) is 13.1 Å². The Morgan fingerprint density at radius 1 is 1.50 bits per heavy atom. The first kappa shape index (κ1) is 14.9. The van der Waals surface area contributed by atoms with Crippen molar-refractivity contribution >= 4 is 15.9 Å². The van der Waals surface area contributed by atoms with Crippen LogP contribution in [0.15, 0.2) is 0 Å². The summed E-state index contributed by atoms with van der Waals surface area (Å²) in [6.45, 7) is 4.04. The van der Waals surface area contributed by atoms with Gasteiger partial charge in [-0.2, -0.15) is 5.26 Å². The number of rotatable bonds is 6. The zero-order chi connectivity index (χ0) is 13.8. The van der Waals surface area contributed by atoms with Gasteiger partial charge in [0.25, 0.3) is 0 Å². The predicted molar refractivity (Wildman–Crippen MR) is 66.9 cm³/mol. The van der Waals surface area contributed by atoms with E-state index < -0.39 is 15.4 Å². The molecule has 0 aliphatic heterocycles. The summed E-state index contributed by atoms with van der Waals surface area (Å²) in [5.41, 5.74) is -0.943. The molecule has 18 heavy (non-hydrogen) atoms. The first-order chi connectivity index (χ1) is 8.35. The Hall–Kier alpha value is -1.13. The van der Waals surface area contributed by atoms with Gasteiger partial charge in [0.15, 0.2) is 0 Å². The molecule has 0 spiro atoms. The van der Waals surface area contributed by atoms with Crippen molar-refractivity contribution in [2.45, 2.75) is 26.7 Å². The third-order valence-electron chi connectivity index (χ3n) is 3.06. The van der Waals surface area contributed by atoms with E-state index in [-0.39, 0.29) is 18.2 Å². The third-order valence-corrected chi connectivity index (χ3v) is 4.53. The molecular weight excluding hydrogens is 254 g/mol. The lowest BCUT2D eigenvalue weighted by Crippen LogP contribution is -2.49. The molecule has 1 aliphatic rings. The second-order valence-corrected chi connectivity index (χ2v) is 6.71. The van der Waals surface area contributed by atoms with Gasteiger partial charge in [0.05, 0.1) is 11.8 Å². The molecule has 0 aromatic heterocycles. The molecular formula is C11H19N3O3S. The van der Waals surface area contributed by atoms with Gasteiger partial charge in [-0.25, -0.2) is 13.1 Å². The second kappa shape index (κ2) is 5.67. The van der Waals surface area contributed by atoms with Gasteiger partial charge < -0.3 is 5.32 Å². The summed E-state index contributed by atoms with van der Waals surface area (Å²) in [5, 5.41) is 11.6. The topological polar surface area (TPSA) is 99.1 Å². The molecule has 6 nitrogen and oxygen atoms in total. The van der Waals surface area contributed by atoms with Gasteiger partial charge in [0.1, 0.15) is 5.41 Å². The minimum atomic E-state index is -3.33. The van der Waals surface area contributed by atoms with Crippen LogP contribution in [-0.4, -0.2) is 33.2 Å². The minimum absolute atomic E-state index is 0.0337. The average Bonchev–Trinajstić information content (AvgIpc) is 2.23. The van der Waals surface area contributed by atoms with Crippen LogP contribution in [0.2, 0.25) is 0 Å². The summed E-state index contributed by atoms with van der Waals surface area (Å²) in [5.74, 6) is -0.139. The third kappa shape index (κ3) is 3.43. The zero-order valence-corrected chi connectivity index (χ0v) is 11.5. The maximum absolute atomic E-state index is 11.8. The summed E-state index contributed by atoms with van der Waals surface area (Å²) < 4.78 is 25.0. The fraction of sp³-hybridized carbons (Fsp3) is 0.818. The van der Waals surface area contributed by atoms with Gasteiger partial charge in [0.2, 0.25) is 15.9 Å². The smallest absolute Gasteiger partial charge is 0.240 e. The Morgan fingerprint density at radius 3 is 2.56 bits per heavy atom. The minimum Gasteiger partial charge on any atom is -0.354 e. The molecule has 0 bridgehead atoms. The molecule has 0 atom stereocenters. The van der Waals surface area contributed by atoms with Crippen LogP contribution in [-0.2, 0) is 14.8 Å². The molecule has 1 saturated carbocycles. The predicted octanol–water partition coefficient (Wildman–Crippen LogP) is -0.0182. The van der Waals surface area contributed by atoms with Gasteiger partial charge in [-0.3, -0.25) is 4.79 Å². The van der Waals surface area contributed by atoms with Crippen molar-refractivity contribution in [2.75, 3.05) is 18.8 Å². The van der Waals surface area contributed by atoms with Crippen LogP contribution in [0.4, 0.5) is 0 Å². The van der Waals surface area contributed by atoms with Crippen molar-refractivity contribution in [3.63, 3.8) is 0 Å². The first-order valence-corrected chi connectivity index (χ1v) is 7.67. The van der Waals surface area contributed by atoms with E-state index in [4.69, 9.17) is 5.26 Å². The first-order valence-electron chi connectivity index (χ1n) is 6.02. The lowest BCUT2D eigenvalue weighted by Gasteiger charge is -2.39. The number of amides is 1. The summed E-state index contributed by atoms with van der Waals surface area (Å²) >= 11 is 0. The fourth-order valence-electron chi connectivity index (χ4n) is 2.22. The van der Waals surface area contributed by atoms with Crippen LogP contribution in [0.5, 0.6) is 0 Å². The standard InChI is InChI=1S/C11H19N3O3S/c1-3-14-18(16,17)5-4-13-10(15)11(8-12)6-9(2)7-11/h9,14H,3-7H2,1-2H3,(H,13,15). The molecule has 0 saturated heterocycles. The number of hydrogen-bond donors (Lipinski definition) is 2. The highest BCUT2D eigenvalue weighted by Gasteiger charge is 2.48. The van der Waals surface area contributed by atoms with Crippen molar-refractivity contribution in [1.82, 2.24) is 10.0 Å². The summed E-state index contributed by atoms with van der Waals surface area (Å²) in [4.78, 5) is 11.8. The van der Waals surface area contributed by atoms with Crippen molar-refractivity contribution in [1.29, 1.82) is 5.26 Å². The zero-order valence-electron chi connectivity index (χ0n) is 10.7. The van der Waals surface area contributed by atoms with Crippen molar-refractivity contribution in [3.8, 4) is 6.07 Å². The highest BCUT2D eigenvalue weighted by atomic mass is 32.2. The van der Waals surface area contributed by atoms with Gasteiger partial charge in [-0.15, -0.1) is 0 Å². The molecule has 1 amide bonds. The molecule has 102 valence electrons. The molecule has 1 rings (SSSR count). The highest BCUT2D eigenvalue weighted by molar-refractivity contribution is 7.89. The van der Waals surface area contributed by atoms with E-state index in [1.165, 1.54) is 0 Å². The number of nitriles is 1. The lowest BCUT2D eigenvalue weighted by atomic mass is 9.63. The molecule has 1 fully saturated rings. The Kier molecular flexibility index (Phi) is 4.71. The van der Waals surface area contributed by atoms with Crippen LogP contribution in [0.1, 0.15) is 26.7 Å². The lowest BCUT2D eigenvalue weighted by molar-refractivity contribution is -0.133. The average molecular weight is 273 g/mol. The molecule has 0 unspecified atom stereocenters.